The lowest BCUT2D eigenvalue weighted by atomic mass is 10.1. The second-order valence-corrected chi connectivity index (χ2v) is 4.71. The van der Waals surface area contributed by atoms with Crippen molar-refractivity contribution in [3.8, 4) is 0 Å². The molecule has 1 amide bonds. The van der Waals surface area contributed by atoms with Gasteiger partial charge in [0.1, 0.15) is 0 Å². The summed E-state index contributed by atoms with van der Waals surface area (Å²) in [7, 11) is 0. The van der Waals surface area contributed by atoms with Crippen LogP contribution in [-0.2, 0) is 9.53 Å². The van der Waals surface area contributed by atoms with E-state index in [-0.39, 0.29) is 18.0 Å². The lowest BCUT2D eigenvalue weighted by Crippen LogP contribution is -2.46. The molecule has 0 aromatic carbocycles. The molecule has 2 N–H and O–H groups in total. The van der Waals surface area contributed by atoms with E-state index in [0.717, 1.165) is 18.4 Å². The number of rotatable bonds is 10. The number of ether oxygens (including phenoxy) is 1. The fraction of sp³-hybridized carbons (Fsp3) is 0.786. The summed E-state index contributed by atoms with van der Waals surface area (Å²) in [5, 5.41) is 6.16. The summed E-state index contributed by atoms with van der Waals surface area (Å²) >= 11 is 0. The van der Waals surface area contributed by atoms with Gasteiger partial charge in [0.2, 0.25) is 5.91 Å². The highest BCUT2D eigenvalue weighted by molar-refractivity contribution is 5.81. The molecule has 0 fully saturated rings. The van der Waals surface area contributed by atoms with Crippen molar-refractivity contribution < 1.29 is 9.53 Å². The molecule has 0 radical (unpaired) electrons. The van der Waals surface area contributed by atoms with Gasteiger partial charge >= 0.3 is 0 Å². The summed E-state index contributed by atoms with van der Waals surface area (Å²) in [5.74, 6) is 0.0589. The third-order valence-corrected chi connectivity index (χ3v) is 2.77. The van der Waals surface area contributed by atoms with E-state index in [1.165, 1.54) is 0 Å². The summed E-state index contributed by atoms with van der Waals surface area (Å²) < 4.78 is 5.35. The second kappa shape index (κ2) is 10.1. The number of carbonyl (C=O) groups is 1. The number of amides is 1. The summed E-state index contributed by atoms with van der Waals surface area (Å²) in [5.41, 5.74) is 1.01. The van der Waals surface area contributed by atoms with Crippen molar-refractivity contribution in [2.45, 2.75) is 52.6 Å². The van der Waals surface area contributed by atoms with Crippen molar-refractivity contribution in [2.75, 3.05) is 19.8 Å². The number of hydrogen-bond acceptors (Lipinski definition) is 3. The van der Waals surface area contributed by atoms with E-state index in [1.54, 1.807) is 0 Å². The minimum Gasteiger partial charge on any atom is -0.376 e. The molecule has 0 bridgehead atoms. The molecule has 4 heteroatoms. The third kappa shape index (κ3) is 8.25. The Labute approximate surface area is 111 Å². The average molecular weight is 256 g/mol. The number of nitrogens with one attached hydrogen (secondary N) is 2. The van der Waals surface area contributed by atoms with Crippen LogP contribution in [0.5, 0.6) is 0 Å². The van der Waals surface area contributed by atoms with Gasteiger partial charge in [-0.1, -0.05) is 26.0 Å². The Morgan fingerprint density at radius 3 is 2.44 bits per heavy atom. The summed E-state index contributed by atoms with van der Waals surface area (Å²) in [6.07, 6.45) is 1.94. The first-order valence-corrected chi connectivity index (χ1v) is 6.77. The highest BCUT2D eigenvalue weighted by Crippen LogP contribution is 1.96. The van der Waals surface area contributed by atoms with E-state index in [9.17, 15) is 4.79 Å². The van der Waals surface area contributed by atoms with Crippen LogP contribution in [-0.4, -0.2) is 37.7 Å². The van der Waals surface area contributed by atoms with E-state index in [2.05, 4.69) is 31.1 Å². The topological polar surface area (TPSA) is 50.4 Å². The Morgan fingerprint density at radius 2 is 1.94 bits per heavy atom. The van der Waals surface area contributed by atoms with Crippen molar-refractivity contribution in [3.63, 3.8) is 0 Å². The predicted molar refractivity (Wildman–Crippen MR) is 75.6 cm³/mol. The maximum Gasteiger partial charge on any atom is 0.237 e. The molecular formula is C14H28N2O2. The summed E-state index contributed by atoms with van der Waals surface area (Å²) in [6, 6.07) is 0.0976. The van der Waals surface area contributed by atoms with Crippen LogP contribution in [0.3, 0.4) is 0 Å². The van der Waals surface area contributed by atoms with Crippen LogP contribution in [0.4, 0.5) is 0 Å². The van der Waals surface area contributed by atoms with E-state index in [1.807, 2.05) is 13.8 Å². The van der Waals surface area contributed by atoms with Gasteiger partial charge in [0, 0.05) is 12.6 Å². The fourth-order valence-corrected chi connectivity index (χ4v) is 1.51. The molecule has 4 nitrogen and oxygen atoms in total. The molecule has 0 aliphatic carbocycles. The SMILES string of the molecule is C=C(C)COCCNC(C)C(=O)NC(CC)CC. The molecule has 0 spiro atoms. The van der Waals surface area contributed by atoms with Gasteiger partial charge in [0.15, 0.2) is 0 Å². The maximum absolute atomic E-state index is 11.8. The Morgan fingerprint density at radius 1 is 1.33 bits per heavy atom. The van der Waals surface area contributed by atoms with Crippen LogP contribution < -0.4 is 10.6 Å². The lowest BCUT2D eigenvalue weighted by molar-refractivity contribution is -0.123. The van der Waals surface area contributed by atoms with Gasteiger partial charge in [0.25, 0.3) is 0 Å². The molecule has 1 atom stereocenters. The summed E-state index contributed by atoms with van der Waals surface area (Å²) in [6.45, 7) is 13.6. The standard InChI is InChI=1S/C14H28N2O2/c1-6-13(7-2)16-14(17)12(5)15-8-9-18-10-11(3)4/h12-13,15H,3,6-10H2,1-2,4-5H3,(H,16,17). The quantitative estimate of drug-likeness (QED) is 0.463. The van der Waals surface area contributed by atoms with Gasteiger partial charge in [-0.2, -0.15) is 0 Å². The van der Waals surface area contributed by atoms with Gasteiger partial charge in [0.05, 0.1) is 19.3 Å². The molecule has 0 saturated heterocycles. The van der Waals surface area contributed by atoms with Crippen LogP contribution in [0.2, 0.25) is 0 Å². The highest BCUT2D eigenvalue weighted by Gasteiger charge is 2.14. The van der Waals surface area contributed by atoms with Crippen molar-refractivity contribution in [1.29, 1.82) is 0 Å². The fourth-order valence-electron chi connectivity index (χ4n) is 1.51. The zero-order valence-electron chi connectivity index (χ0n) is 12.2. The highest BCUT2D eigenvalue weighted by atomic mass is 16.5. The van der Waals surface area contributed by atoms with Crippen LogP contribution >= 0.6 is 0 Å². The van der Waals surface area contributed by atoms with Gasteiger partial charge in [-0.3, -0.25) is 4.79 Å². The van der Waals surface area contributed by atoms with Gasteiger partial charge in [-0.15, -0.1) is 0 Å². The molecule has 0 aliphatic rings. The first-order chi connectivity index (χ1) is 8.51. The van der Waals surface area contributed by atoms with Gasteiger partial charge in [-0.05, 0) is 26.7 Å². The zero-order valence-corrected chi connectivity index (χ0v) is 12.2. The second-order valence-electron chi connectivity index (χ2n) is 4.71. The van der Waals surface area contributed by atoms with Crippen molar-refractivity contribution in [3.05, 3.63) is 12.2 Å². The molecule has 0 saturated carbocycles. The third-order valence-electron chi connectivity index (χ3n) is 2.77. The monoisotopic (exact) mass is 256 g/mol. The molecule has 106 valence electrons. The molecule has 18 heavy (non-hydrogen) atoms. The Balaban J connectivity index is 3.70. The minimum atomic E-state index is -0.181. The molecule has 0 heterocycles. The Kier molecular flexibility index (Phi) is 9.60. The molecule has 0 aromatic heterocycles. The molecule has 0 rings (SSSR count). The number of carbonyl (C=O) groups excluding carboxylic acids is 1. The number of hydrogen-bond donors (Lipinski definition) is 2. The van der Waals surface area contributed by atoms with E-state index >= 15 is 0 Å². The van der Waals surface area contributed by atoms with E-state index < -0.39 is 0 Å². The van der Waals surface area contributed by atoms with Crippen molar-refractivity contribution in [2.24, 2.45) is 0 Å². The van der Waals surface area contributed by atoms with Crippen LogP contribution in [0.15, 0.2) is 12.2 Å². The minimum absolute atomic E-state index is 0.0589. The van der Waals surface area contributed by atoms with Gasteiger partial charge < -0.3 is 15.4 Å². The van der Waals surface area contributed by atoms with Crippen LogP contribution in [0.1, 0.15) is 40.5 Å². The maximum atomic E-state index is 11.8. The van der Waals surface area contributed by atoms with E-state index in [4.69, 9.17) is 4.74 Å². The van der Waals surface area contributed by atoms with E-state index in [0.29, 0.717) is 19.8 Å². The Hall–Kier alpha value is -0.870. The zero-order chi connectivity index (χ0) is 14.0. The Bertz CT molecular complexity index is 250. The molecule has 0 aliphatic heterocycles. The normalized spacial score (nSPS) is 12.5. The first kappa shape index (κ1) is 17.1. The smallest absolute Gasteiger partial charge is 0.237 e. The average Bonchev–Trinajstić information content (AvgIpc) is 2.34. The largest absolute Gasteiger partial charge is 0.376 e. The van der Waals surface area contributed by atoms with Crippen LogP contribution in [0, 0.1) is 0 Å². The molecule has 0 aromatic rings. The van der Waals surface area contributed by atoms with Crippen LogP contribution in [0.25, 0.3) is 0 Å². The summed E-state index contributed by atoms with van der Waals surface area (Å²) in [4.78, 5) is 11.8. The molecule has 1 unspecified atom stereocenters. The van der Waals surface area contributed by atoms with Crippen molar-refractivity contribution >= 4 is 5.91 Å². The molecular weight excluding hydrogens is 228 g/mol. The lowest BCUT2D eigenvalue weighted by Gasteiger charge is -2.19. The van der Waals surface area contributed by atoms with Crippen molar-refractivity contribution in [1.82, 2.24) is 10.6 Å². The van der Waals surface area contributed by atoms with Gasteiger partial charge in [-0.25, -0.2) is 0 Å². The predicted octanol–water partition coefficient (Wildman–Crippen LogP) is 1.86. The first-order valence-electron chi connectivity index (χ1n) is 6.77.